The van der Waals surface area contributed by atoms with E-state index < -0.39 is 0 Å². The number of benzene rings is 1. The van der Waals surface area contributed by atoms with Crippen molar-refractivity contribution >= 4 is 0 Å². The molecule has 1 aromatic carbocycles. The Morgan fingerprint density at radius 3 is 2.63 bits per heavy atom. The van der Waals surface area contributed by atoms with Crippen molar-refractivity contribution in [2.75, 3.05) is 39.9 Å². The van der Waals surface area contributed by atoms with Crippen LogP contribution in [0.2, 0.25) is 0 Å². The quantitative estimate of drug-likeness (QED) is 0.625. The maximum atomic E-state index is 8.94. The molecule has 1 aromatic rings. The Hall–Kier alpha value is -1.36. The van der Waals surface area contributed by atoms with E-state index in [9.17, 15) is 0 Å². The highest BCUT2D eigenvalue weighted by Gasteiger charge is 2.02. The third-order valence-electron chi connectivity index (χ3n) is 2.78. The van der Waals surface area contributed by atoms with Crippen LogP contribution in [0.1, 0.15) is 5.56 Å². The predicted octanol–water partition coefficient (Wildman–Crippen LogP) is 1.27. The summed E-state index contributed by atoms with van der Waals surface area (Å²) in [5.41, 5.74) is 1.24. The first kappa shape index (κ1) is 15.7. The Labute approximate surface area is 115 Å². The highest BCUT2D eigenvalue weighted by Crippen LogP contribution is 2.11. The summed E-state index contributed by atoms with van der Waals surface area (Å²) >= 11 is 0. The molecule has 0 fully saturated rings. The minimum absolute atomic E-state index is 0.159. The van der Waals surface area contributed by atoms with Gasteiger partial charge in [0, 0.05) is 26.2 Å². The summed E-state index contributed by atoms with van der Waals surface area (Å²) in [4.78, 5) is 2.10. The van der Waals surface area contributed by atoms with Crippen molar-refractivity contribution in [3.63, 3.8) is 0 Å². The van der Waals surface area contributed by atoms with Crippen LogP contribution in [0.15, 0.2) is 36.9 Å². The van der Waals surface area contributed by atoms with Crippen LogP contribution in [-0.2, 0) is 6.54 Å². The second-order valence-corrected chi connectivity index (χ2v) is 4.34. The Bertz CT molecular complexity index is 352. The van der Waals surface area contributed by atoms with Crippen molar-refractivity contribution in [3.8, 4) is 5.75 Å². The minimum Gasteiger partial charge on any atom is -0.492 e. The average Bonchev–Trinajstić information content (AvgIpc) is 2.41. The molecule has 106 valence electrons. The smallest absolute Gasteiger partial charge is 0.119 e. The maximum absolute atomic E-state index is 8.94. The van der Waals surface area contributed by atoms with E-state index in [1.54, 1.807) is 0 Å². The molecule has 2 N–H and O–H groups in total. The topological polar surface area (TPSA) is 44.7 Å². The van der Waals surface area contributed by atoms with Gasteiger partial charge in [0.15, 0.2) is 0 Å². The molecule has 0 bridgehead atoms. The summed E-state index contributed by atoms with van der Waals surface area (Å²) in [6.45, 7) is 7.54. The zero-order valence-electron chi connectivity index (χ0n) is 11.6. The van der Waals surface area contributed by atoms with Crippen molar-refractivity contribution < 1.29 is 9.84 Å². The van der Waals surface area contributed by atoms with Gasteiger partial charge < -0.3 is 15.2 Å². The SMILES string of the molecule is C=CCN(CCO)CCOc1ccc(CNC)cc1. The molecule has 0 saturated carbocycles. The lowest BCUT2D eigenvalue weighted by Gasteiger charge is -2.19. The Balaban J connectivity index is 2.32. The first-order valence-electron chi connectivity index (χ1n) is 6.60. The second kappa shape index (κ2) is 9.55. The van der Waals surface area contributed by atoms with Crippen LogP contribution < -0.4 is 10.1 Å². The number of nitrogens with one attached hydrogen (secondary N) is 1. The molecule has 0 saturated heterocycles. The molecular weight excluding hydrogens is 240 g/mol. The number of hydrogen-bond acceptors (Lipinski definition) is 4. The normalized spacial score (nSPS) is 10.7. The lowest BCUT2D eigenvalue weighted by molar-refractivity contribution is 0.180. The summed E-state index contributed by atoms with van der Waals surface area (Å²) in [6.07, 6.45) is 1.84. The molecule has 0 unspecified atom stereocenters. The van der Waals surface area contributed by atoms with Crippen LogP contribution in [-0.4, -0.2) is 49.9 Å². The number of ether oxygens (including phenoxy) is 1. The molecule has 0 aliphatic carbocycles. The molecule has 0 amide bonds. The summed E-state index contributed by atoms with van der Waals surface area (Å²) in [5, 5.41) is 12.0. The molecule has 19 heavy (non-hydrogen) atoms. The Kier molecular flexibility index (Phi) is 7.89. The van der Waals surface area contributed by atoms with Gasteiger partial charge in [0.25, 0.3) is 0 Å². The summed E-state index contributed by atoms with van der Waals surface area (Å²) in [6, 6.07) is 8.08. The molecule has 0 atom stereocenters. The van der Waals surface area contributed by atoms with Gasteiger partial charge >= 0.3 is 0 Å². The van der Waals surface area contributed by atoms with Crippen LogP contribution in [0, 0.1) is 0 Å². The molecule has 0 aliphatic rings. The highest BCUT2D eigenvalue weighted by atomic mass is 16.5. The fraction of sp³-hybridized carbons (Fsp3) is 0.467. The van der Waals surface area contributed by atoms with Gasteiger partial charge in [-0.25, -0.2) is 0 Å². The lowest BCUT2D eigenvalue weighted by Crippen LogP contribution is -2.31. The molecule has 0 radical (unpaired) electrons. The molecule has 1 rings (SSSR count). The summed E-state index contributed by atoms with van der Waals surface area (Å²) in [7, 11) is 1.93. The third-order valence-corrected chi connectivity index (χ3v) is 2.78. The van der Waals surface area contributed by atoms with E-state index in [4.69, 9.17) is 9.84 Å². The zero-order valence-corrected chi connectivity index (χ0v) is 11.6. The highest BCUT2D eigenvalue weighted by molar-refractivity contribution is 5.27. The van der Waals surface area contributed by atoms with E-state index in [-0.39, 0.29) is 6.61 Å². The van der Waals surface area contributed by atoms with Gasteiger partial charge in [-0.05, 0) is 24.7 Å². The van der Waals surface area contributed by atoms with E-state index in [2.05, 4.69) is 28.9 Å². The number of aliphatic hydroxyl groups excluding tert-OH is 1. The third kappa shape index (κ3) is 6.38. The summed E-state index contributed by atoms with van der Waals surface area (Å²) in [5.74, 6) is 0.877. The molecule has 4 nitrogen and oxygen atoms in total. The van der Waals surface area contributed by atoms with Crippen LogP contribution in [0.3, 0.4) is 0 Å². The number of rotatable bonds is 10. The van der Waals surface area contributed by atoms with E-state index in [1.165, 1.54) is 5.56 Å². The summed E-state index contributed by atoms with van der Waals surface area (Å²) < 4.78 is 5.68. The average molecular weight is 264 g/mol. The van der Waals surface area contributed by atoms with Crippen molar-refractivity contribution in [2.24, 2.45) is 0 Å². The molecule has 0 spiro atoms. The monoisotopic (exact) mass is 264 g/mol. The Morgan fingerprint density at radius 2 is 2.05 bits per heavy atom. The van der Waals surface area contributed by atoms with E-state index >= 15 is 0 Å². The van der Waals surface area contributed by atoms with E-state index in [1.807, 2.05) is 25.3 Å². The van der Waals surface area contributed by atoms with Crippen LogP contribution in [0.4, 0.5) is 0 Å². The largest absolute Gasteiger partial charge is 0.492 e. The molecular formula is C15H24N2O2. The van der Waals surface area contributed by atoms with Crippen molar-refractivity contribution in [1.82, 2.24) is 10.2 Å². The van der Waals surface area contributed by atoms with Gasteiger partial charge in [-0.3, -0.25) is 4.90 Å². The van der Waals surface area contributed by atoms with Crippen molar-refractivity contribution in [3.05, 3.63) is 42.5 Å². The fourth-order valence-electron chi connectivity index (χ4n) is 1.82. The van der Waals surface area contributed by atoms with Gasteiger partial charge in [0.1, 0.15) is 12.4 Å². The number of aliphatic hydroxyl groups is 1. The van der Waals surface area contributed by atoms with Gasteiger partial charge in [0.2, 0.25) is 0 Å². The predicted molar refractivity (Wildman–Crippen MR) is 78.4 cm³/mol. The molecule has 0 heterocycles. The van der Waals surface area contributed by atoms with Crippen molar-refractivity contribution in [2.45, 2.75) is 6.54 Å². The van der Waals surface area contributed by atoms with Gasteiger partial charge in [-0.2, -0.15) is 0 Å². The van der Waals surface area contributed by atoms with Crippen LogP contribution >= 0.6 is 0 Å². The van der Waals surface area contributed by atoms with Crippen LogP contribution in [0.5, 0.6) is 5.75 Å². The zero-order chi connectivity index (χ0) is 13.9. The Morgan fingerprint density at radius 1 is 1.32 bits per heavy atom. The van der Waals surface area contributed by atoms with Crippen molar-refractivity contribution in [1.29, 1.82) is 0 Å². The maximum Gasteiger partial charge on any atom is 0.119 e. The lowest BCUT2D eigenvalue weighted by atomic mass is 10.2. The number of nitrogens with zero attached hydrogens (tertiary/aromatic N) is 1. The molecule has 0 aliphatic heterocycles. The first-order valence-corrected chi connectivity index (χ1v) is 6.60. The van der Waals surface area contributed by atoms with Gasteiger partial charge in [0.05, 0.1) is 6.61 Å². The molecule has 4 heteroatoms. The first-order chi connectivity index (χ1) is 9.30. The van der Waals surface area contributed by atoms with E-state index in [0.29, 0.717) is 13.2 Å². The molecule has 0 aromatic heterocycles. The minimum atomic E-state index is 0.159. The fourth-order valence-corrected chi connectivity index (χ4v) is 1.82. The van der Waals surface area contributed by atoms with Crippen LogP contribution in [0.25, 0.3) is 0 Å². The second-order valence-electron chi connectivity index (χ2n) is 4.34. The van der Waals surface area contributed by atoms with Gasteiger partial charge in [-0.15, -0.1) is 6.58 Å². The number of hydrogen-bond donors (Lipinski definition) is 2. The van der Waals surface area contributed by atoms with Gasteiger partial charge in [-0.1, -0.05) is 18.2 Å². The standard InChI is InChI=1S/C15H24N2O2/c1-3-8-17(9-11-18)10-12-19-15-6-4-14(5-7-15)13-16-2/h3-7,16,18H,1,8-13H2,2H3. The van der Waals surface area contributed by atoms with E-state index in [0.717, 1.165) is 25.4 Å².